The van der Waals surface area contributed by atoms with Gasteiger partial charge < -0.3 is 23.7 Å². The first kappa shape index (κ1) is 26.7. The highest BCUT2D eigenvalue weighted by Gasteiger charge is 2.31. The van der Waals surface area contributed by atoms with Crippen molar-refractivity contribution >= 4 is 5.97 Å². The summed E-state index contributed by atoms with van der Waals surface area (Å²) < 4.78 is 59.4. The van der Waals surface area contributed by atoms with Gasteiger partial charge in [0.15, 0.2) is 0 Å². The maximum absolute atomic E-state index is 12.5. The molecule has 0 saturated heterocycles. The standard InChI is InChI=1S/C27H28F3NO6/c1-16-6-3-8-19(24(16)26(32)33)14-34-20-9-5-10-21(13-20)35-15-23-17(2)36-25(31-23)18-7-4-11-22(12-18)37-27(28,29)30/h3-4,6-8,11-12,20-21H,5,9-10,13-15H2,1-2H3,(H,32,33)/t20-,21+/m1/s1. The molecule has 0 unspecified atom stereocenters. The Morgan fingerprint density at radius 3 is 2.49 bits per heavy atom. The van der Waals surface area contributed by atoms with E-state index in [1.807, 2.05) is 6.07 Å². The SMILES string of the molecule is Cc1cccc(CO[C@@H]2CCC[C@H](OCc3nc(-c4cccc(OC(F)(F)F)c4)oc3C)C2)c1C(=O)O. The van der Waals surface area contributed by atoms with Crippen LogP contribution in [0, 0.1) is 13.8 Å². The number of carboxylic acid groups (broad SMARTS) is 1. The molecule has 0 radical (unpaired) electrons. The van der Waals surface area contributed by atoms with Crippen molar-refractivity contribution in [3.63, 3.8) is 0 Å². The Hall–Kier alpha value is -3.37. The first-order chi connectivity index (χ1) is 17.6. The number of nitrogens with zero attached hydrogens (tertiary/aromatic N) is 1. The number of aromatic nitrogens is 1. The lowest BCUT2D eigenvalue weighted by atomic mass is 9.94. The fraction of sp³-hybridized carbons (Fsp3) is 0.407. The van der Waals surface area contributed by atoms with E-state index in [1.165, 1.54) is 18.2 Å². The van der Waals surface area contributed by atoms with Crippen LogP contribution in [0.25, 0.3) is 11.5 Å². The van der Waals surface area contributed by atoms with Crippen LogP contribution in [0.3, 0.4) is 0 Å². The van der Waals surface area contributed by atoms with Gasteiger partial charge in [0.05, 0.1) is 31.0 Å². The Labute approximate surface area is 212 Å². The molecule has 0 amide bonds. The second-order valence-corrected chi connectivity index (χ2v) is 9.04. The van der Waals surface area contributed by atoms with Gasteiger partial charge in [-0.3, -0.25) is 0 Å². The summed E-state index contributed by atoms with van der Waals surface area (Å²) in [4.78, 5) is 16.0. The van der Waals surface area contributed by atoms with Gasteiger partial charge in [-0.1, -0.05) is 24.3 Å². The fourth-order valence-electron chi connectivity index (χ4n) is 4.48. The van der Waals surface area contributed by atoms with E-state index in [1.54, 1.807) is 32.0 Å². The minimum Gasteiger partial charge on any atom is -0.478 e. The number of carboxylic acids is 1. The molecule has 4 rings (SSSR count). The number of carbonyl (C=O) groups is 1. The molecule has 1 aromatic heterocycles. The van der Waals surface area contributed by atoms with E-state index in [-0.39, 0.29) is 42.6 Å². The molecular formula is C27H28F3NO6. The summed E-state index contributed by atoms with van der Waals surface area (Å²) in [5.74, 6) is -0.626. The number of oxazole rings is 1. The van der Waals surface area contributed by atoms with Crippen LogP contribution in [-0.4, -0.2) is 34.6 Å². The lowest BCUT2D eigenvalue weighted by Crippen LogP contribution is -2.28. The van der Waals surface area contributed by atoms with Crippen molar-refractivity contribution in [3.05, 3.63) is 70.6 Å². The predicted molar refractivity (Wildman–Crippen MR) is 127 cm³/mol. The highest BCUT2D eigenvalue weighted by atomic mass is 19.4. The van der Waals surface area contributed by atoms with Gasteiger partial charge in [0.1, 0.15) is 17.2 Å². The zero-order chi connectivity index (χ0) is 26.6. The number of alkyl halides is 3. The molecule has 1 aliphatic rings. The molecule has 37 heavy (non-hydrogen) atoms. The Morgan fingerprint density at radius 2 is 1.78 bits per heavy atom. The second kappa shape index (κ2) is 11.4. The highest BCUT2D eigenvalue weighted by Crippen LogP contribution is 2.30. The Morgan fingerprint density at radius 1 is 1.08 bits per heavy atom. The Bertz CT molecular complexity index is 1240. The minimum absolute atomic E-state index is 0.0637. The van der Waals surface area contributed by atoms with Crippen LogP contribution in [0.4, 0.5) is 13.2 Å². The van der Waals surface area contributed by atoms with Crippen molar-refractivity contribution in [1.29, 1.82) is 0 Å². The van der Waals surface area contributed by atoms with Gasteiger partial charge in [-0.15, -0.1) is 13.2 Å². The average molecular weight is 520 g/mol. The summed E-state index contributed by atoms with van der Waals surface area (Å²) in [6.07, 6.45) is -1.64. The summed E-state index contributed by atoms with van der Waals surface area (Å²) in [6, 6.07) is 10.8. The first-order valence-corrected chi connectivity index (χ1v) is 12.0. The second-order valence-electron chi connectivity index (χ2n) is 9.04. The first-order valence-electron chi connectivity index (χ1n) is 12.0. The number of hydrogen-bond donors (Lipinski definition) is 1. The quantitative estimate of drug-likeness (QED) is 0.341. The molecule has 3 aromatic rings. The molecule has 7 nitrogen and oxygen atoms in total. The molecule has 1 aliphatic carbocycles. The van der Waals surface area contributed by atoms with Crippen LogP contribution >= 0.6 is 0 Å². The maximum Gasteiger partial charge on any atom is 0.573 e. The van der Waals surface area contributed by atoms with Crippen molar-refractivity contribution in [2.45, 2.75) is 71.3 Å². The van der Waals surface area contributed by atoms with Gasteiger partial charge in [0.2, 0.25) is 5.89 Å². The molecule has 0 aliphatic heterocycles. The van der Waals surface area contributed by atoms with Crippen LogP contribution in [0.1, 0.15) is 58.6 Å². The third-order valence-electron chi connectivity index (χ3n) is 6.29. The number of rotatable bonds is 9. The van der Waals surface area contributed by atoms with E-state index in [4.69, 9.17) is 13.9 Å². The minimum atomic E-state index is -4.79. The molecule has 2 atom stereocenters. The van der Waals surface area contributed by atoms with Gasteiger partial charge in [-0.25, -0.2) is 9.78 Å². The maximum atomic E-state index is 12.5. The highest BCUT2D eigenvalue weighted by molar-refractivity contribution is 5.91. The molecule has 1 heterocycles. The molecule has 1 saturated carbocycles. The zero-order valence-corrected chi connectivity index (χ0v) is 20.5. The van der Waals surface area contributed by atoms with E-state index in [0.29, 0.717) is 34.6 Å². The molecule has 2 aromatic carbocycles. The summed E-state index contributed by atoms with van der Waals surface area (Å²) in [7, 11) is 0. The summed E-state index contributed by atoms with van der Waals surface area (Å²) in [5.41, 5.74) is 2.54. The molecule has 198 valence electrons. The van der Waals surface area contributed by atoms with Gasteiger partial charge in [0, 0.05) is 5.56 Å². The number of ether oxygens (including phenoxy) is 3. The third kappa shape index (κ3) is 7.11. The van der Waals surface area contributed by atoms with Crippen LogP contribution in [0.5, 0.6) is 5.75 Å². The predicted octanol–water partition coefficient (Wildman–Crippen LogP) is 6.60. The molecule has 1 fully saturated rings. The summed E-state index contributed by atoms with van der Waals surface area (Å²) in [5, 5.41) is 9.52. The number of aryl methyl sites for hydroxylation is 2. The van der Waals surface area contributed by atoms with E-state index in [9.17, 15) is 23.1 Å². The van der Waals surface area contributed by atoms with Crippen molar-refractivity contribution in [3.8, 4) is 17.2 Å². The van der Waals surface area contributed by atoms with Crippen molar-refractivity contribution in [2.24, 2.45) is 0 Å². The van der Waals surface area contributed by atoms with Crippen LogP contribution in [0.2, 0.25) is 0 Å². The molecule has 1 N–H and O–H groups in total. The van der Waals surface area contributed by atoms with E-state index in [0.717, 1.165) is 19.3 Å². The van der Waals surface area contributed by atoms with Gasteiger partial charge in [-0.05, 0) is 68.9 Å². The third-order valence-corrected chi connectivity index (χ3v) is 6.29. The molecular weight excluding hydrogens is 491 g/mol. The topological polar surface area (TPSA) is 91.0 Å². The van der Waals surface area contributed by atoms with Crippen molar-refractivity contribution < 1.29 is 41.7 Å². The van der Waals surface area contributed by atoms with Crippen molar-refractivity contribution in [2.75, 3.05) is 0 Å². The molecule has 0 bridgehead atoms. The van der Waals surface area contributed by atoms with Gasteiger partial charge >= 0.3 is 12.3 Å². The largest absolute Gasteiger partial charge is 0.573 e. The average Bonchev–Trinajstić information content (AvgIpc) is 3.21. The van der Waals surface area contributed by atoms with Crippen LogP contribution in [-0.2, 0) is 22.7 Å². The number of hydrogen-bond acceptors (Lipinski definition) is 6. The fourth-order valence-corrected chi connectivity index (χ4v) is 4.48. The molecule has 10 heteroatoms. The lowest BCUT2D eigenvalue weighted by Gasteiger charge is -2.29. The normalized spacial score (nSPS) is 18.1. The van der Waals surface area contributed by atoms with E-state index < -0.39 is 12.3 Å². The smallest absolute Gasteiger partial charge is 0.478 e. The zero-order valence-electron chi connectivity index (χ0n) is 20.5. The number of benzene rings is 2. The monoisotopic (exact) mass is 519 g/mol. The number of aromatic carboxylic acids is 1. The van der Waals surface area contributed by atoms with Crippen molar-refractivity contribution in [1.82, 2.24) is 4.98 Å². The Balaban J connectivity index is 1.34. The van der Waals surface area contributed by atoms with Crippen LogP contribution in [0.15, 0.2) is 46.9 Å². The van der Waals surface area contributed by atoms with E-state index in [2.05, 4.69) is 9.72 Å². The van der Waals surface area contributed by atoms with Gasteiger partial charge in [0.25, 0.3) is 0 Å². The summed E-state index contributed by atoms with van der Waals surface area (Å²) >= 11 is 0. The molecule has 0 spiro atoms. The lowest BCUT2D eigenvalue weighted by molar-refractivity contribution is -0.274. The van der Waals surface area contributed by atoms with Gasteiger partial charge in [-0.2, -0.15) is 0 Å². The van der Waals surface area contributed by atoms with Crippen LogP contribution < -0.4 is 4.74 Å². The summed E-state index contributed by atoms with van der Waals surface area (Å²) in [6.45, 7) is 3.89. The number of halogens is 3. The van der Waals surface area contributed by atoms with E-state index >= 15 is 0 Å². The Kier molecular flexibility index (Phi) is 8.19.